The molecule has 188 valence electrons. The number of nitrogens with zero attached hydrogens (tertiary/aromatic N) is 7. The topological polar surface area (TPSA) is 155 Å². The Morgan fingerprint density at radius 2 is 1.94 bits per heavy atom. The lowest BCUT2D eigenvalue weighted by atomic mass is 9.97. The number of hydrogen-bond acceptors (Lipinski definition) is 11. The summed E-state index contributed by atoms with van der Waals surface area (Å²) in [7, 11) is 0. The van der Waals surface area contributed by atoms with Crippen LogP contribution in [0.15, 0.2) is 29.2 Å². The predicted molar refractivity (Wildman–Crippen MR) is 131 cm³/mol. The number of carbonyl (C=O) groups is 1. The van der Waals surface area contributed by atoms with E-state index in [1.165, 1.54) is 12.4 Å². The van der Waals surface area contributed by atoms with Gasteiger partial charge >= 0.3 is 6.09 Å². The van der Waals surface area contributed by atoms with E-state index in [1.54, 1.807) is 18.0 Å². The Hall–Kier alpha value is -4.27. The molecule has 3 aromatic rings. The molecule has 1 aliphatic rings. The van der Waals surface area contributed by atoms with E-state index in [9.17, 15) is 4.79 Å². The third-order valence-electron chi connectivity index (χ3n) is 5.53. The molecule has 2 N–H and O–H groups in total. The summed E-state index contributed by atoms with van der Waals surface area (Å²) in [6.45, 7) is 9.37. The van der Waals surface area contributed by atoms with E-state index in [-0.39, 0.29) is 11.8 Å². The SMILES string of the molecule is Cc1noc(-c2cnc(Nc3cnc(C#N)cn3)cc2NCC2CCN(C(=O)OC(C)(C)C)CC2)n1. The van der Waals surface area contributed by atoms with Crippen molar-refractivity contribution in [3.63, 3.8) is 0 Å². The zero-order valence-corrected chi connectivity index (χ0v) is 20.8. The van der Waals surface area contributed by atoms with Crippen LogP contribution in [0.3, 0.4) is 0 Å². The fourth-order valence-electron chi connectivity index (χ4n) is 3.73. The third-order valence-corrected chi connectivity index (χ3v) is 5.53. The highest BCUT2D eigenvalue weighted by Crippen LogP contribution is 2.30. The van der Waals surface area contributed by atoms with Gasteiger partial charge in [-0.25, -0.2) is 19.7 Å². The average Bonchev–Trinajstić information content (AvgIpc) is 3.28. The van der Waals surface area contributed by atoms with Gasteiger partial charge in [-0.15, -0.1) is 0 Å². The van der Waals surface area contributed by atoms with Crippen molar-refractivity contribution >= 4 is 23.4 Å². The fraction of sp³-hybridized carbons (Fsp3) is 0.458. The first-order valence-corrected chi connectivity index (χ1v) is 11.7. The number of hydrogen-bond donors (Lipinski definition) is 2. The minimum atomic E-state index is -0.505. The average molecular weight is 492 g/mol. The molecule has 0 radical (unpaired) electrons. The molecule has 1 saturated heterocycles. The van der Waals surface area contributed by atoms with Gasteiger partial charge in [-0.05, 0) is 46.5 Å². The van der Waals surface area contributed by atoms with E-state index < -0.39 is 5.60 Å². The van der Waals surface area contributed by atoms with Crippen molar-refractivity contribution in [2.75, 3.05) is 30.3 Å². The molecular formula is C24H29N9O3. The summed E-state index contributed by atoms with van der Waals surface area (Å²) in [6, 6.07) is 3.78. The molecular weight excluding hydrogens is 462 g/mol. The van der Waals surface area contributed by atoms with Gasteiger partial charge in [-0.1, -0.05) is 5.16 Å². The zero-order chi connectivity index (χ0) is 25.7. The minimum absolute atomic E-state index is 0.232. The molecule has 1 amide bonds. The maximum atomic E-state index is 12.4. The van der Waals surface area contributed by atoms with E-state index in [1.807, 2.05) is 32.9 Å². The van der Waals surface area contributed by atoms with Crippen LogP contribution in [-0.4, -0.2) is 61.3 Å². The summed E-state index contributed by atoms with van der Waals surface area (Å²) in [4.78, 5) is 31.1. The lowest BCUT2D eigenvalue weighted by molar-refractivity contribution is 0.0188. The summed E-state index contributed by atoms with van der Waals surface area (Å²) >= 11 is 0. The van der Waals surface area contributed by atoms with Gasteiger partial charge in [-0.2, -0.15) is 10.2 Å². The number of nitrogens with one attached hydrogen (secondary N) is 2. The molecule has 0 spiro atoms. The van der Waals surface area contributed by atoms with Crippen molar-refractivity contribution in [2.24, 2.45) is 5.92 Å². The van der Waals surface area contributed by atoms with E-state index in [0.29, 0.717) is 54.5 Å². The Bertz CT molecular complexity index is 1240. The zero-order valence-electron chi connectivity index (χ0n) is 20.8. The first-order valence-electron chi connectivity index (χ1n) is 11.7. The molecule has 0 unspecified atom stereocenters. The normalized spacial score (nSPS) is 14.2. The van der Waals surface area contributed by atoms with Crippen molar-refractivity contribution < 1.29 is 14.1 Å². The largest absolute Gasteiger partial charge is 0.444 e. The van der Waals surface area contributed by atoms with Crippen LogP contribution in [0.25, 0.3) is 11.5 Å². The van der Waals surface area contributed by atoms with Crippen LogP contribution >= 0.6 is 0 Å². The quantitative estimate of drug-likeness (QED) is 0.515. The third kappa shape index (κ3) is 6.44. The molecule has 12 nitrogen and oxygen atoms in total. The van der Waals surface area contributed by atoms with Gasteiger partial charge in [0.15, 0.2) is 11.5 Å². The summed E-state index contributed by atoms with van der Waals surface area (Å²) in [6.07, 6.45) is 5.97. The molecule has 36 heavy (non-hydrogen) atoms. The number of carbonyl (C=O) groups excluding carboxylic acids is 1. The molecule has 3 aromatic heterocycles. The molecule has 4 heterocycles. The highest BCUT2D eigenvalue weighted by atomic mass is 16.6. The first kappa shape index (κ1) is 24.8. The van der Waals surface area contributed by atoms with Crippen LogP contribution in [-0.2, 0) is 4.74 Å². The number of piperidine rings is 1. The molecule has 0 bridgehead atoms. The van der Waals surface area contributed by atoms with Gasteiger partial charge in [0, 0.05) is 31.9 Å². The number of aromatic nitrogens is 5. The second-order valence-electron chi connectivity index (χ2n) is 9.58. The molecule has 0 atom stereocenters. The van der Waals surface area contributed by atoms with Crippen LogP contribution in [0.2, 0.25) is 0 Å². The second kappa shape index (κ2) is 10.6. The number of rotatable bonds is 6. The van der Waals surface area contributed by atoms with Crippen molar-refractivity contribution in [3.05, 3.63) is 36.2 Å². The second-order valence-corrected chi connectivity index (χ2v) is 9.58. The van der Waals surface area contributed by atoms with Crippen LogP contribution in [0.1, 0.15) is 45.1 Å². The maximum Gasteiger partial charge on any atom is 0.410 e. The number of likely N-dealkylation sites (tertiary alicyclic amines) is 1. The van der Waals surface area contributed by atoms with Crippen LogP contribution in [0, 0.1) is 24.2 Å². The van der Waals surface area contributed by atoms with Crippen molar-refractivity contribution in [1.82, 2.24) is 30.0 Å². The monoisotopic (exact) mass is 491 g/mol. The Morgan fingerprint density at radius 3 is 2.56 bits per heavy atom. The molecule has 1 aliphatic heterocycles. The van der Waals surface area contributed by atoms with Crippen molar-refractivity contribution in [1.29, 1.82) is 5.26 Å². The van der Waals surface area contributed by atoms with Gasteiger partial charge in [-0.3, -0.25) is 0 Å². The Morgan fingerprint density at radius 1 is 1.19 bits per heavy atom. The predicted octanol–water partition coefficient (Wildman–Crippen LogP) is 3.90. The fourth-order valence-corrected chi connectivity index (χ4v) is 3.73. The maximum absolute atomic E-state index is 12.4. The number of anilines is 3. The van der Waals surface area contributed by atoms with Gasteiger partial charge in [0.1, 0.15) is 23.3 Å². The van der Waals surface area contributed by atoms with E-state index in [0.717, 1.165) is 18.5 Å². The Labute approximate surface area is 209 Å². The molecule has 0 aromatic carbocycles. The minimum Gasteiger partial charge on any atom is -0.444 e. The summed E-state index contributed by atoms with van der Waals surface area (Å²) in [5.74, 6) is 2.27. The summed E-state index contributed by atoms with van der Waals surface area (Å²) in [5, 5.41) is 19.4. The number of ether oxygens (including phenoxy) is 1. The lowest BCUT2D eigenvalue weighted by Crippen LogP contribution is -2.42. The molecule has 0 saturated carbocycles. The van der Waals surface area contributed by atoms with Gasteiger partial charge < -0.3 is 24.8 Å². The van der Waals surface area contributed by atoms with Crippen molar-refractivity contribution in [3.8, 4) is 17.5 Å². The van der Waals surface area contributed by atoms with Crippen LogP contribution in [0.5, 0.6) is 0 Å². The van der Waals surface area contributed by atoms with Gasteiger partial charge in [0.25, 0.3) is 5.89 Å². The smallest absolute Gasteiger partial charge is 0.410 e. The Kier molecular flexibility index (Phi) is 7.28. The van der Waals surface area contributed by atoms with Crippen LogP contribution < -0.4 is 10.6 Å². The molecule has 1 fully saturated rings. The van der Waals surface area contributed by atoms with E-state index >= 15 is 0 Å². The molecule has 12 heteroatoms. The Balaban J connectivity index is 1.44. The highest BCUT2D eigenvalue weighted by Gasteiger charge is 2.27. The number of nitriles is 1. The number of pyridine rings is 1. The highest BCUT2D eigenvalue weighted by molar-refractivity contribution is 5.75. The van der Waals surface area contributed by atoms with Gasteiger partial charge in [0.2, 0.25) is 0 Å². The van der Waals surface area contributed by atoms with E-state index in [2.05, 4.69) is 35.7 Å². The number of amides is 1. The molecule has 0 aliphatic carbocycles. The van der Waals surface area contributed by atoms with Crippen LogP contribution in [0.4, 0.5) is 22.1 Å². The summed E-state index contributed by atoms with van der Waals surface area (Å²) < 4.78 is 10.9. The lowest BCUT2D eigenvalue weighted by Gasteiger charge is -2.33. The summed E-state index contributed by atoms with van der Waals surface area (Å²) in [5.41, 5.74) is 1.18. The first-order chi connectivity index (χ1) is 17.2. The number of aryl methyl sites for hydroxylation is 1. The molecule has 4 rings (SSSR count). The van der Waals surface area contributed by atoms with Crippen molar-refractivity contribution in [2.45, 2.75) is 46.1 Å². The standard InChI is InChI=1S/C24H29N9O3/c1-15-30-22(36-32-15)18-13-29-20(31-21-14-26-17(10-25)12-28-21)9-19(18)27-11-16-5-7-33(8-6-16)23(34)35-24(2,3)4/h9,12-14,16H,5-8,11H2,1-4H3,(H2,27,28,29,31). The van der Waals surface area contributed by atoms with Gasteiger partial charge in [0.05, 0.1) is 23.6 Å². The van der Waals surface area contributed by atoms with E-state index in [4.69, 9.17) is 14.5 Å².